The van der Waals surface area contributed by atoms with E-state index in [1.165, 1.54) is 18.1 Å². The van der Waals surface area contributed by atoms with Crippen LogP contribution in [0.2, 0.25) is 5.02 Å². The lowest BCUT2D eigenvalue weighted by atomic mass is 10.2. The summed E-state index contributed by atoms with van der Waals surface area (Å²) >= 11 is 7.64. The predicted molar refractivity (Wildman–Crippen MR) is 98.5 cm³/mol. The van der Waals surface area contributed by atoms with E-state index < -0.39 is 0 Å². The topological polar surface area (TPSA) is 61.6 Å². The number of hydrogen-bond acceptors (Lipinski definition) is 5. The van der Waals surface area contributed by atoms with Crippen molar-refractivity contribution < 1.29 is 0 Å². The third kappa shape index (κ3) is 3.44. The first-order valence-electron chi connectivity index (χ1n) is 6.99. The molecule has 116 valence electrons. The number of thioether (sulfide) groups is 1. The first-order valence-corrected chi connectivity index (χ1v) is 8.35. The largest absolute Gasteiger partial charge is 0.340 e. The second-order valence-corrected chi connectivity index (χ2v) is 6.24. The molecule has 0 aliphatic rings. The molecule has 0 atom stereocenters. The summed E-state index contributed by atoms with van der Waals surface area (Å²) in [4.78, 5) is 9.40. The van der Waals surface area contributed by atoms with Crippen LogP contribution >= 0.6 is 23.4 Å². The van der Waals surface area contributed by atoms with Gasteiger partial charge in [-0.1, -0.05) is 23.6 Å². The number of hydrogen-bond donors (Lipinski definition) is 1. The van der Waals surface area contributed by atoms with Crippen LogP contribution in [-0.2, 0) is 0 Å². The molecule has 1 heterocycles. The molecule has 0 unspecified atom stereocenters. The summed E-state index contributed by atoms with van der Waals surface area (Å²) in [5, 5.41) is 13.4. The third-order valence-electron chi connectivity index (χ3n) is 3.27. The molecule has 2 aromatic carbocycles. The third-order valence-corrected chi connectivity index (χ3v) is 4.62. The smallest absolute Gasteiger partial charge is 0.141 e. The number of anilines is 2. The summed E-state index contributed by atoms with van der Waals surface area (Å²) in [6, 6.07) is 13.3. The highest BCUT2D eigenvalue weighted by Gasteiger charge is 2.10. The summed E-state index contributed by atoms with van der Waals surface area (Å²) in [6.07, 6.45) is 6.92. The monoisotopic (exact) mass is 350 g/mol. The molecule has 0 bridgehead atoms. The number of halogens is 1. The molecule has 24 heavy (non-hydrogen) atoms. The molecular formula is C18H11ClN4S. The average molecular weight is 351 g/mol. The Balaban J connectivity index is 2.04. The van der Waals surface area contributed by atoms with Crippen LogP contribution in [0.1, 0.15) is 5.56 Å². The number of nitriles is 1. The van der Waals surface area contributed by atoms with Crippen LogP contribution in [0.5, 0.6) is 0 Å². The molecule has 0 saturated carbocycles. The van der Waals surface area contributed by atoms with Gasteiger partial charge in [0.25, 0.3) is 0 Å². The number of benzene rings is 2. The lowest BCUT2D eigenvalue weighted by Gasteiger charge is -2.10. The van der Waals surface area contributed by atoms with Crippen LogP contribution in [0.4, 0.5) is 11.5 Å². The standard InChI is InChI=1S/C18H11ClN4S/c1-2-12-4-3-5-13(8-12)23-18-14-9-17(24-7-6-20)15(19)10-16(14)21-11-22-18/h1,3-5,8-11H,7H2,(H,21,22,23). The van der Waals surface area contributed by atoms with E-state index >= 15 is 0 Å². The molecule has 1 N–H and O–H groups in total. The Bertz CT molecular complexity index is 988. The lowest BCUT2D eigenvalue weighted by molar-refractivity contribution is 1.21. The molecule has 0 aliphatic carbocycles. The van der Waals surface area contributed by atoms with E-state index in [1.54, 1.807) is 6.07 Å². The molecule has 3 aromatic rings. The normalized spacial score (nSPS) is 10.1. The molecule has 0 amide bonds. The van der Waals surface area contributed by atoms with Gasteiger partial charge in [-0.2, -0.15) is 5.26 Å². The maximum absolute atomic E-state index is 8.76. The minimum atomic E-state index is 0.325. The van der Waals surface area contributed by atoms with Crippen LogP contribution in [0.25, 0.3) is 10.9 Å². The Hall–Kier alpha value is -2.73. The lowest BCUT2D eigenvalue weighted by Crippen LogP contribution is -1.97. The number of rotatable bonds is 4. The number of nitrogens with one attached hydrogen (secondary N) is 1. The van der Waals surface area contributed by atoms with Crippen molar-refractivity contribution >= 4 is 45.8 Å². The van der Waals surface area contributed by atoms with Gasteiger partial charge in [0, 0.05) is 21.5 Å². The van der Waals surface area contributed by atoms with Crippen molar-refractivity contribution in [1.82, 2.24) is 9.97 Å². The van der Waals surface area contributed by atoms with Crippen molar-refractivity contribution in [3.05, 3.63) is 53.3 Å². The van der Waals surface area contributed by atoms with E-state index in [9.17, 15) is 0 Å². The Morgan fingerprint density at radius 3 is 2.92 bits per heavy atom. The zero-order chi connectivity index (χ0) is 16.9. The van der Waals surface area contributed by atoms with E-state index in [2.05, 4.69) is 27.3 Å². The van der Waals surface area contributed by atoms with Crippen molar-refractivity contribution in [2.45, 2.75) is 4.90 Å². The summed E-state index contributed by atoms with van der Waals surface area (Å²) in [5.74, 6) is 3.59. The second kappa shape index (κ2) is 7.23. The summed E-state index contributed by atoms with van der Waals surface area (Å²) in [6.45, 7) is 0. The van der Waals surface area contributed by atoms with Crippen molar-refractivity contribution in [1.29, 1.82) is 5.26 Å². The van der Waals surface area contributed by atoms with Crippen LogP contribution < -0.4 is 5.32 Å². The summed E-state index contributed by atoms with van der Waals surface area (Å²) in [5.41, 5.74) is 2.35. The average Bonchev–Trinajstić information content (AvgIpc) is 2.60. The van der Waals surface area contributed by atoms with Crippen LogP contribution in [0.3, 0.4) is 0 Å². The summed E-state index contributed by atoms with van der Waals surface area (Å²) < 4.78 is 0. The molecule has 0 fully saturated rings. The van der Waals surface area contributed by atoms with Gasteiger partial charge in [0.2, 0.25) is 0 Å². The van der Waals surface area contributed by atoms with Crippen molar-refractivity contribution in [3.63, 3.8) is 0 Å². The molecular weight excluding hydrogens is 340 g/mol. The van der Waals surface area contributed by atoms with Crippen LogP contribution in [0, 0.1) is 23.7 Å². The van der Waals surface area contributed by atoms with Gasteiger partial charge < -0.3 is 5.32 Å². The quantitative estimate of drug-likeness (QED) is 0.549. The van der Waals surface area contributed by atoms with Gasteiger partial charge in [0.05, 0.1) is 22.4 Å². The molecule has 3 rings (SSSR count). The highest BCUT2D eigenvalue weighted by atomic mass is 35.5. The van der Waals surface area contributed by atoms with Gasteiger partial charge in [-0.25, -0.2) is 9.97 Å². The Morgan fingerprint density at radius 2 is 2.12 bits per heavy atom. The van der Waals surface area contributed by atoms with Crippen LogP contribution in [-0.4, -0.2) is 15.7 Å². The fraction of sp³-hybridized carbons (Fsp3) is 0.0556. The Labute approximate surface area is 148 Å². The molecule has 1 aromatic heterocycles. The number of aromatic nitrogens is 2. The van der Waals surface area contributed by atoms with Gasteiger partial charge in [-0.15, -0.1) is 18.2 Å². The molecule has 0 radical (unpaired) electrons. The Morgan fingerprint density at radius 1 is 1.25 bits per heavy atom. The Kier molecular flexibility index (Phi) is 4.86. The molecule has 0 spiro atoms. The van der Waals surface area contributed by atoms with Gasteiger partial charge in [0.1, 0.15) is 12.1 Å². The van der Waals surface area contributed by atoms with E-state index in [0.717, 1.165) is 27.0 Å². The minimum Gasteiger partial charge on any atom is -0.340 e. The van der Waals surface area contributed by atoms with Gasteiger partial charge in [-0.05, 0) is 30.3 Å². The van der Waals surface area contributed by atoms with Crippen molar-refractivity contribution in [2.75, 3.05) is 11.1 Å². The molecule has 0 saturated heterocycles. The van der Waals surface area contributed by atoms with Gasteiger partial charge in [-0.3, -0.25) is 0 Å². The van der Waals surface area contributed by atoms with Gasteiger partial charge >= 0.3 is 0 Å². The van der Waals surface area contributed by atoms with Crippen molar-refractivity contribution in [2.24, 2.45) is 0 Å². The highest BCUT2D eigenvalue weighted by molar-refractivity contribution is 7.99. The molecule has 6 heteroatoms. The molecule has 4 nitrogen and oxygen atoms in total. The first-order chi connectivity index (χ1) is 11.7. The number of nitrogens with zero attached hydrogens (tertiary/aromatic N) is 3. The maximum atomic E-state index is 8.76. The van der Waals surface area contributed by atoms with Crippen LogP contribution in [0.15, 0.2) is 47.6 Å². The fourth-order valence-corrected chi connectivity index (χ4v) is 3.14. The maximum Gasteiger partial charge on any atom is 0.141 e. The predicted octanol–water partition coefficient (Wildman–Crippen LogP) is 4.62. The molecule has 0 aliphatic heterocycles. The second-order valence-electron chi connectivity index (χ2n) is 4.82. The van der Waals surface area contributed by atoms with E-state index in [1.807, 2.05) is 30.3 Å². The van der Waals surface area contributed by atoms with E-state index in [0.29, 0.717) is 16.6 Å². The van der Waals surface area contributed by atoms with Crippen molar-refractivity contribution in [3.8, 4) is 18.4 Å². The van der Waals surface area contributed by atoms with E-state index in [4.69, 9.17) is 23.3 Å². The fourth-order valence-electron chi connectivity index (χ4n) is 2.20. The summed E-state index contributed by atoms with van der Waals surface area (Å²) in [7, 11) is 0. The first kappa shape index (κ1) is 16.1. The zero-order valence-electron chi connectivity index (χ0n) is 12.5. The number of fused-ring (bicyclic) bond motifs is 1. The van der Waals surface area contributed by atoms with Gasteiger partial charge in [0.15, 0.2) is 0 Å². The van der Waals surface area contributed by atoms with E-state index in [-0.39, 0.29) is 0 Å². The zero-order valence-corrected chi connectivity index (χ0v) is 14.0. The highest BCUT2D eigenvalue weighted by Crippen LogP contribution is 2.33. The SMILES string of the molecule is C#Cc1cccc(Nc2ncnc3cc(Cl)c(SCC#N)cc23)c1. The number of terminal acetylenes is 1. The minimum absolute atomic E-state index is 0.325.